The lowest BCUT2D eigenvalue weighted by atomic mass is 9.96. The van der Waals surface area contributed by atoms with Gasteiger partial charge in [0.05, 0.1) is 13.2 Å². The molecule has 0 fully saturated rings. The molecule has 1 amide bonds. The number of carbonyl (C=O) groups is 2. The number of carboxylic acids is 1. The van der Waals surface area contributed by atoms with Crippen LogP contribution in [0, 0.1) is 10.5 Å². The largest absolute Gasteiger partial charge is 0.480 e. The summed E-state index contributed by atoms with van der Waals surface area (Å²) in [5.41, 5.74) is 5.70. The number of halogens is 1. The molecule has 1 N–H and O–H groups in total. The van der Waals surface area contributed by atoms with Crippen LogP contribution in [0.1, 0.15) is 28.3 Å². The molecule has 4 rings (SSSR count). The van der Waals surface area contributed by atoms with Gasteiger partial charge in [0, 0.05) is 9.99 Å². The number of amides is 1. The SMILES string of the molecule is COC(=O)N(C1c2ccccc2-c2ccccc21)[C@@H](Cc1cc(I)ccc1C)C(=O)O. The number of benzene rings is 3. The number of nitrogens with zero attached hydrogens (tertiary/aromatic N) is 1. The van der Waals surface area contributed by atoms with Gasteiger partial charge in [-0.1, -0.05) is 54.6 Å². The van der Waals surface area contributed by atoms with Gasteiger partial charge in [0.2, 0.25) is 0 Å². The molecular formula is C25H22INO4. The fourth-order valence-corrected chi connectivity index (χ4v) is 4.88. The van der Waals surface area contributed by atoms with Crippen molar-refractivity contribution in [2.75, 3.05) is 7.11 Å². The summed E-state index contributed by atoms with van der Waals surface area (Å²) in [7, 11) is 1.29. The highest BCUT2D eigenvalue weighted by atomic mass is 127. The van der Waals surface area contributed by atoms with E-state index >= 15 is 0 Å². The van der Waals surface area contributed by atoms with Crippen molar-refractivity contribution in [3.05, 3.63) is 92.6 Å². The van der Waals surface area contributed by atoms with Gasteiger partial charge in [-0.25, -0.2) is 9.59 Å². The molecular weight excluding hydrogens is 505 g/mol. The van der Waals surface area contributed by atoms with Gasteiger partial charge >= 0.3 is 12.1 Å². The third-order valence-electron chi connectivity index (χ3n) is 5.81. The number of rotatable bonds is 5. The van der Waals surface area contributed by atoms with Crippen molar-refractivity contribution in [2.24, 2.45) is 0 Å². The first-order chi connectivity index (χ1) is 14.9. The molecule has 0 heterocycles. The van der Waals surface area contributed by atoms with Crippen LogP contribution in [0.3, 0.4) is 0 Å². The van der Waals surface area contributed by atoms with Crippen LogP contribution in [0.5, 0.6) is 0 Å². The Labute approximate surface area is 194 Å². The summed E-state index contributed by atoms with van der Waals surface area (Å²) in [6.45, 7) is 1.95. The lowest BCUT2D eigenvalue weighted by Crippen LogP contribution is -2.48. The molecule has 5 nitrogen and oxygen atoms in total. The first-order valence-corrected chi connectivity index (χ1v) is 11.0. The van der Waals surface area contributed by atoms with Crippen molar-refractivity contribution in [3.63, 3.8) is 0 Å². The van der Waals surface area contributed by atoms with Crippen LogP contribution < -0.4 is 0 Å². The Morgan fingerprint density at radius 2 is 1.61 bits per heavy atom. The zero-order valence-electron chi connectivity index (χ0n) is 17.2. The average molecular weight is 527 g/mol. The molecule has 0 aromatic heterocycles. The van der Waals surface area contributed by atoms with Gasteiger partial charge in [0.15, 0.2) is 0 Å². The average Bonchev–Trinajstić information content (AvgIpc) is 3.10. The van der Waals surface area contributed by atoms with Gasteiger partial charge in [0.25, 0.3) is 0 Å². The van der Waals surface area contributed by atoms with E-state index in [1.54, 1.807) is 0 Å². The summed E-state index contributed by atoms with van der Waals surface area (Å²) < 4.78 is 6.12. The number of carboxylic acid groups (broad SMARTS) is 1. The summed E-state index contributed by atoms with van der Waals surface area (Å²) >= 11 is 2.21. The number of hydrogen-bond donors (Lipinski definition) is 1. The van der Waals surface area contributed by atoms with Gasteiger partial charge in [-0.3, -0.25) is 4.90 Å². The van der Waals surface area contributed by atoms with Gasteiger partial charge < -0.3 is 9.84 Å². The van der Waals surface area contributed by atoms with Crippen LogP contribution in [0.25, 0.3) is 11.1 Å². The van der Waals surface area contributed by atoms with Crippen molar-refractivity contribution in [2.45, 2.75) is 25.4 Å². The van der Waals surface area contributed by atoms with Gasteiger partial charge in [-0.2, -0.15) is 0 Å². The highest BCUT2D eigenvalue weighted by molar-refractivity contribution is 14.1. The minimum absolute atomic E-state index is 0.188. The van der Waals surface area contributed by atoms with Crippen molar-refractivity contribution in [1.82, 2.24) is 4.90 Å². The molecule has 1 atom stereocenters. The topological polar surface area (TPSA) is 66.8 Å². The van der Waals surface area contributed by atoms with Crippen molar-refractivity contribution in [3.8, 4) is 11.1 Å². The number of fused-ring (bicyclic) bond motifs is 3. The maximum atomic E-state index is 13.0. The van der Waals surface area contributed by atoms with Crippen molar-refractivity contribution in [1.29, 1.82) is 0 Å². The van der Waals surface area contributed by atoms with Crippen LogP contribution in [0.15, 0.2) is 66.7 Å². The summed E-state index contributed by atoms with van der Waals surface area (Å²) in [5.74, 6) is -1.06. The first-order valence-electron chi connectivity index (χ1n) is 9.94. The lowest BCUT2D eigenvalue weighted by molar-refractivity contribution is -0.143. The fraction of sp³-hybridized carbons (Fsp3) is 0.200. The Balaban J connectivity index is 1.86. The molecule has 0 aliphatic heterocycles. The second kappa shape index (κ2) is 8.70. The Morgan fingerprint density at radius 1 is 1.03 bits per heavy atom. The second-order valence-corrected chi connectivity index (χ2v) is 8.83. The van der Waals surface area contributed by atoms with Crippen LogP contribution in [-0.2, 0) is 16.0 Å². The first kappa shape index (κ1) is 21.4. The molecule has 158 valence electrons. The quantitative estimate of drug-likeness (QED) is 0.450. The van der Waals surface area contributed by atoms with E-state index in [9.17, 15) is 14.7 Å². The molecule has 3 aromatic carbocycles. The van der Waals surface area contributed by atoms with E-state index in [4.69, 9.17) is 4.74 Å². The van der Waals surface area contributed by atoms with Crippen LogP contribution in [0.4, 0.5) is 4.79 Å². The van der Waals surface area contributed by atoms with Gasteiger partial charge in [-0.15, -0.1) is 0 Å². The third-order valence-corrected chi connectivity index (χ3v) is 6.48. The minimum Gasteiger partial charge on any atom is -0.480 e. The molecule has 0 unspecified atom stereocenters. The van der Waals surface area contributed by atoms with E-state index in [1.165, 1.54) is 12.0 Å². The van der Waals surface area contributed by atoms with E-state index in [1.807, 2.05) is 73.7 Å². The Bertz CT molecular complexity index is 1110. The maximum absolute atomic E-state index is 13.0. The third kappa shape index (κ3) is 3.92. The van der Waals surface area contributed by atoms with E-state index in [2.05, 4.69) is 22.6 Å². The molecule has 0 bridgehead atoms. The zero-order chi connectivity index (χ0) is 22.1. The van der Waals surface area contributed by atoms with Crippen LogP contribution in [-0.4, -0.2) is 35.2 Å². The van der Waals surface area contributed by atoms with E-state index in [-0.39, 0.29) is 6.42 Å². The molecule has 6 heteroatoms. The van der Waals surface area contributed by atoms with Gasteiger partial charge in [0.1, 0.15) is 6.04 Å². The normalized spacial score (nSPS) is 13.3. The number of hydrogen-bond acceptors (Lipinski definition) is 3. The molecule has 0 spiro atoms. The highest BCUT2D eigenvalue weighted by Crippen LogP contribution is 2.47. The number of carbonyl (C=O) groups excluding carboxylic acids is 1. The van der Waals surface area contributed by atoms with E-state index in [0.29, 0.717) is 0 Å². The molecule has 3 aromatic rings. The monoisotopic (exact) mass is 527 g/mol. The standard InChI is InChI=1S/C25H22INO4/c1-15-11-12-17(26)13-16(15)14-22(24(28)29)27(25(30)31-2)23-20-9-5-3-7-18(20)19-8-4-6-10-21(19)23/h3-13,22-23H,14H2,1-2H3,(H,28,29)/t22-/m0/s1. The summed E-state index contributed by atoms with van der Waals surface area (Å²) in [5, 5.41) is 10.2. The number of aryl methyl sites for hydroxylation is 1. The molecule has 0 saturated carbocycles. The summed E-state index contributed by atoms with van der Waals surface area (Å²) in [6.07, 6.45) is -0.472. The fourth-order valence-electron chi connectivity index (χ4n) is 4.32. The molecule has 1 aliphatic rings. The Kier molecular flexibility index (Phi) is 6.00. The molecule has 1 aliphatic carbocycles. The Hall–Kier alpha value is -2.87. The van der Waals surface area contributed by atoms with E-state index in [0.717, 1.165) is 37.0 Å². The smallest absolute Gasteiger partial charge is 0.411 e. The van der Waals surface area contributed by atoms with Crippen molar-refractivity contribution < 1.29 is 19.4 Å². The molecule has 31 heavy (non-hydrogen) atoms. The predicted molar refractivity (Wildman–Crippen MR) is 127 cm³/mol. The van der Waals surface area contributed by atoms with Crippen LogP contribution >= 0.6 is 22.6 Å². The number of methoxy groups -OCH3 is 1. The minimum atomic E-state index is -1.09. The zero-order valence-corrected chi connectivity index (χ0v) is 19.4. The number of aliphatic carboxylic acids is 1. The summed E-state index contributed by atoms with van der Waals surface area (Å²) in [4.78, 5) is 26.9. The highest BCUT2D eigenvalue weighted by Gasteiger charge is 2.42. The molecule has 0 radical (unpaired) electrons. The van der Waals surface area contributed by atoms with Crippen molar-refractivity contribution >= 4 is 34.7 Å². The predicted octanol–water partition coefficient (Wildman–Crippen LogP) is 5.43. The Morgan fingerprint density at radius 3 is 2.16 bits per heavy atom. The van der Waals surface area contributed by atoms with Gasteiger partial charge in [-0.05, 0) is 75.0 Å². The lowest BCUT2D eigenvalue weighted by Gasteiger charge is -2.34. The van der Waals surface area contributed by atoms with Crippen LogP contribution in [0.2, 0.25) is 0 Å². The van der Waals surface area contributed by atoms with E-state index < -0.39 is 24.1 Å². The molecule has 0 saturated heterocycles. The second-order valence-electron chi connectivity index (χ2n) is 7.58. The number of ether oxygens (including phenoxy) is 1. The maximum Gasteiger partial charge on any atom is 0.411 e. The summed E-state index contributed by atoms with van der Waals surface area (Å²) in [6, 6.07) is 19.9.